The van der Waals surface area contributed by atoms with Gasteiger partial charge in [0, 0.05) is 69.8 Å². The van der Waals surface area contributed by atoms with Crippen LogP contribution in [-0.4, -0.2) is 79.2 Å². The Morgan fingerprint density at radius 1 is 1.26 bits per heavy atom. The molecule has 0 bridgehead atoms. The van der Waals surface area contributed by atoms with E-state index in [0.717, 1.165) is 12.0 Å². The highest BCUT2D eigenvalue weighted by Crippen LogP contribution is 2.32. The first-order chi connectivity index (χ1) is 19.5. The number of ether oxygens (including phenoxy) is 1. The van der Waals surface area contributed by atoms with Crippen molar-refractivity contribution in [3.05, 3.63) is 47.2 Å². The van der Waals surface area contributed by atoms with Gasteiger partial charge in [-0.25, -0.2) is 14.4 Å². The molecule has 2 aromatic rings. The summed E-state index contributed by atoms with van der Waals surface area (Å²) in [6.45, 7) is 13.7. The van der Waals surface area contributed by atoms with Gasteiger partial charge in [-0.05, 0) is 42.9 Å². The monoisotopic (exact) mass is 584 g/mol. The zero-order valence-corrected chi connectivity index (χ0v) is 25.3. The van der Waals surface area contributed by atoms with Crippen molar-refractivity contribution in [1.82, 2.24) is 20.2 Å². The number of amides is 2. The molecule has 2 aliphatic heterocycles. The van der Waals surface area contributed by atoms with Crippen molar-refractivity contribution in [2.75, 3.05) is 56.7 Å². The van der Waals surface area contributed by atoms with Crippen LogP contribution in [0.5, 0.6) is 0 Å². The molecule has 9 nitrogen and oxygen atoms in total. The minimum absolute atomic E-state index is 0. The third kappa shape index (κ3) is 7.83. The molecule has 3 heterocycles. The van der Waals surface area contributed by atoms with E-state index in [1.165, 1.54) is 12.1 Å². The lowest BCUT2D eigenvalue weighted by Gasteiger charge is -2.39. The molecule has 1 aromatic heterocycles. The minimum Gasteiger partial charge on any atom is -0.385 e. The number of anilines is 2. The fourth-order valence-corrected chi connectivity index (χ4v) is 5.55. The smallest absolute Gasteiger partial charge is 0.259 e. The van der Waals surface area contributed by atoms with Crippen LogP contribution in [0.4, 0.5) is 15.9 Å². The second kappa shape index (κ2) is 14.4. The lowest BCUT2D eigenvalue weighted by Crippen LogP contribution is -2.55. The first-order valence-electron chi connectivity index (χ1n) is 14.7. The molecule has 4 rings (SSSR count). The predicted octanol–water partition coefficient (Wildman–Crippen LogP) is 4.66. The van der Waals surface area contributed by atoms with Gasteiger partial charge in [0.25, 0.3) is 5.91 Å². The van der Waals surface area contributed by atoms with Crippen LogP contribution in [0.25, 0.3) is 0 Å². The molecule has 2 amide bonds. The summed E-state index contributed by atoms with van der Waals surface area (Å²) in [5, 5.41) is 6.75. The maximum atomic E-state index is 14.2. The summed E-state index contributed by atoms with van der Waals surface area (Å²) in [6, 6.07) is 4.46. The molecule has 10 heteroatoms. The molecule has 42 heavy (non-hydrogen) atoms. The second-order valence-electron chi connectivity index (χ2n) is 12.6. The number of carbonyl (C=O) groups excluding carboxylic acids is 2. The molecule has 1 saturated heterocycles. The molecule has 1 fully saturated rings. The van der Waals surface area contributed by atoms with E-state index in [1.54, 1.807) is 24.3 Å². The van der Waals surface area contributed by atoms with E-state index in [0.29, 0.717) is 75.1 Å². The van der Waals surface area contributed by atoms with E-state index >= 15 is 0 Å². The number of nitrogens with zero attached hydrogens (tertiary/aromatic N) is 4. The van der Waals surface area contributed by atoms with Crippen molar-refractivity contribution in [1.29, 1.82) is 0 Å². The third-order valence-electron chi connectivity index (χ3n) is 7.66. The fraction of sp³-hybridized carbons (Fsp3) is 0.625. The zero-order valence-electron chi connectivity index (χ0n) is 25.3. The van der Waals surface area contributed by atoms with Crippen LogP contribution in [-0.2, 0) is 21.4 Å². The summed E-state index contributed by atoms with van der Waals surface area (Å²) in [5.41, 5.74) is 1.79. The maximum absolute atomic E-state index is 14.2. The normalized spacial score (nSPS) is 18.4. The Bertz CT molecular complexity index is 1230. The van der Waals surface area contributed by atoms with Crippen molar-refractivity contribution in [3.8, 4) is 0 Å². The van der Waals surface area contributed by atoms with Crippen LogP contribution in [0.15, 0.2) is 24.4 Å². The van der Waals surface area contributed by atoms with Crippen molar-refractivity contribution in [2.24, 2.45) is 11.8 Å². The van der Waals surface area contributed by atoms with Crippen LogP contribution in [0.1, 0.15) is 76.6 Å². The number of rotatable bonds is 10. The fourth-order valence-electron chi connectivity index (χ4n) is 5.55. The molecule has 232 valence electrons. The number of benzene rings is 1. The predicted molar refractivity (Wildman–Crippen MR) is 166 cm³/mol. The van der Waals surface area contributed by atoms with Crippen LogP contribution < -0.4 is 15.5 Å². The summed E-state index contributed by atoms with van der Waals surface area (Å²) < 4.78 is 19.2. The van der Waals surface area contributed by atoms with Gasteiger partial charge in [0.2, 0.25) is 5.91 Å². The Balaban J connectivity index is 0.00000484. The van der Waals surface area contributed by atoms with Crippen LogP contribution in [0.2, 0.25) is 0 Å². The van der Waals surface area contributed by atoms with Gasteiger partial charge in [0.05, 0.1) is 5.92 Å². The molecular weight excluding hydrogens is 535 g/mol. The van der Waals surface area contributed by atoms with Crippen molar-refractivity contribution in [3.63, 3.8) is 0 Å². The summed E-state index contributed by atoms with van der Waals surface area (Å²) in [7, 11) is 1.66. The molecule has 1 aromatic carbocycles. The second-order valence-corrected chi connectivity index (χ2v) is 12.6. The van der Waals surface area contributed by atoms with E-state index in [1.807, 2.05) is 25.7 Å². The Kier molecular flexibility index (Phi) is 11.4. The standard InChI is InChI=1S/C31H45FN6O3.CH4/c1-20(2)19-38(29(40)25-18-35-30(31(3,4)5)36-27(25)34-11-7-13-41-6)24-14-22(16-33-17-24)28(39)37-12-10-21-8-9-23(32)15-26(21)37;/h8-9,15,18,20,22,24,33H,7,10-14,16-17,19H2,1-6H3,(H,34,35,36);1H4/t22-,24+;/m1./s1. The Hall–Kier alpha value is -3.11. The number of methoxy groups -OCH3 is 1. The number of carbonyl (C=O) groups is 2. The number of halogens is 1. The average molecular weight is 585 g/mol. The Morgan fingerprint density at radius 2 is 2.02 bits per heavy atom. The topological polar surface area (TPSA) is 99.7 Å². The molecular formula is C32H49FN6O3. The SMILES string of the molecule is C.COCCCNc1nc(C(C)(C)C)ncc1C(=O)N(CC(C)C)[C@@H]1CNC[C@H](C(=O)N2CCc3ccc(F)cc32)C1. The highest BCUT2D eigenvalue weighted by molar-refractivity contribution is 5.99. The van der Waals surface area contributed by atoms with Crippen LogP contribution in [0.3, 0.4) is 0 Å². The largest absolute Gasteiger partial charge is 0.385 e. The summed E-state index contributed by atoms with van der Waals surface area (Å²) in [5.74, 6) is 0.553. The van der Waals surface area contributed by atoms with Gasteiger partial charge in [-0.15, -0.1) is 0 Å². The van der Waals surface area contributed by atoms with Gasteiger partial charge in [-0.1, -0.05) is 48.1 Å². The molecule has 2 aliphatic rings. The molecule has 2 atom stereocenters. The molecule has 2 N–H and O–H groups in total. The molecule has 0 unspecified atom stereocenters. The summed E-state index contributed by atoms with van der Waals surface area (Å²) in [4.78, 5) is 40.8. The quantitative estimate of drug-likeness (QED) is 0.392. The van der Waals surface area contributed by atoms with Gasteiger partial charge in [-0.2, -0.15) is 0 Å². The molecule has 0 aliphatic carbocycles. The minimum atomic E-state index is -0.344. The Morgan fingerprint density at radius 3 is 2.71 bits per heavy atom. The van der Waals surface area contributed by atoms with E-state index in [2.05, 4.69) is 29.5 Å². The average Bonchev–Trinajstić information content (AvgIpc) is 3.35. The number of hydrogen-bond donors (Lipinski definition) is 2. The van der Waals surface area contributed by atoms with Crippen molar-refractivity contribution >= 4 is 23.3 Å². The highest BCUT2D eigenvalue weighted by atomic mass is 19.1. The van der Waals surface area contributed by atoms with Crippen molar-refractivity contribution < 1.29 is 18.7 Å². The van der Waals surface area contributed by atoms with E-state index in [9.17, 15) is 14.0 Å². The summed E-state index contributed by atoms with van der Waals surface area (Å²) in [6.07, 6.45) is 3.65. The van der Waals surface area contributed by atoms with Gasteiger partial charge in [0.15, 0.2) is 0 Å². The van der Waals surface area contributed by atoms with Crippen LogP contribution >= 0.6 is 0 Å². The van der Waals surface area contributed by atoms with Crippen LogP contribution in [0, 0.1) is 17.7 Å². The van der Waals surface area contributed by atoms with E-state index in [-0.39, 0.29) is 48.4 Å². The number of hydrogen-bond acceptors (Lipinski definition) is 7. The zero-order chi connectivity index (χ0) is 29.7. The van der Waals surface area contributed by atoms with Gasteiger partial charge in [-0.3, -0.25) is 9.59 Å². The number of aromatic nitrogens is 2. The molecule has 0 spiro atoms. The maximum Gasteiger partial charge on any atom is 0.259 e. The van der Waals surface area contributed by atoms with Gasteiger partial charge < -0.3 is 25.2 Å². The Labute approximate surface area is 250 Å². The van der Waals surface area contributed by atoms with Gasteiger partial charge >= 0.3 is 0 Å². The lowest BCUT2D eigenvalue weighted by molar-refractivity contribution is -0.123. The molecule has 0 radical (unpaired) electrons. The summed E-state index contributed by atoms with van der Waals surface area (Å²) >= 11 is 0. The highest BCUT2D eigenvalue weighted by Gasteiger charge is 2.38. The first-order valence-corrected chi connectivity index (χ1v) is 14.7. The first kappa shape index (κ1) is 33.4. The molecule has 0 saturated carbocycles. The van der Waals surface area contributed by atoms with E-state index in [4.69, 9.17) is 9.72 Å². The number of nitrogens with one attached hydrogen (secondary N) is 2. The lowest BCUT2D eigenvalue weighted by atomic mass is 9.92. The van der Waals surface area contributed by atoms with Gasteiger partial charge in [0.1, 0.15) is 23.0 Å². The van der Waals surface area contributed by atoms with Crippen molar-refractivity contribution in [2.45, 2.75) is 72.8 Å². The third-order valence-corrected chi connectivity index (χ3v) is 7.66. The number of fused-ring (bicyclic) bond motifs is 1. The van der Waals surface area contributed by atoms with E-state index < -0.39 is 0 Å². The number of piperidine rings is 1.